The fraction of sp³-hybridized carbons (Fsp3) is 0.375. The Morgan fingerprint density at radius 3 is 2.90 bits per heavy atom. The molecule has 0 radical (unpaired) electrons. The summed E-state index contributed by atoms with van der Waals surface area (Å²) in [4.78, 5) is 14.5. The van der Waals surface area contributed by atoms with Gasteiger partial charge in [0.1, 0.15) is 17.1 Å². The second kappa shape index (κ2) is 5.31. The highest BCUT2D eigenvalue weighted by molar-refractivity contribution is 5.96. The number of amides is 1. The Hall–Kier alpha value is -2.17. The lowest BCUT2D eigenvalue weighted by Crippen LogP contribution is -2.31. The molecule has 2 heterocycles. The van der Waals surface area contributed by atoms with Crippen molar-refractivity contribution in [1.82, 2.24) is 10.1 Å². The molecule has 0 bridgehead atoms. The first-order chi connectivity index (χ1) is 10.1. The van der Waals surface area contributed by atoms with Crippen LogP contribution in [0.25, 0.3) is 0 Å². The van der Waals surface area contributed by atoms with Gasteiger partial charge in [0.2, 0.25) is 0 Å². The minimum absolute atomic E-state index is 0.0816. The predicted molar refractivity (Wildman–Crippen MR) is 75.4 cm³/mol. The zero-order valence-electron chi connectivity index (χ0n) is 12.1. The number of carbonyl (C=O) groups is 1. The molecule has 0 unspecified atom stereocenters. The number of halogens is 1. The van der Waals surface area contributed by atoms with Crippen LogP contribution in [0.2, 0.25) is 0 Å². The second-order valence-corrected chi connectivity index (χ2v) is 5.41. The minimum atomic E-state index is -0.274. The quantitative estimate of drug-likeness (QED) is 0.850. The van der Waals surface area contributed by atoms with E-state index in [9.17, 15) is 9.18 Å². The van der Waals surface area contributed by atoms with Crippen LogP contribution in [-0.4, -0.2) is 22.5 Å². The van der Waals surface area contributed by atoms with Crippen LogP contribution in [0.1, 0.15) is 46.3 Å². The molecule has 2 aromatic rings. The monoisotopic (exact) mass is 288 g/mol. The van der Waals surface area contributed by atoms with Crippen LogP contribution in [0, 0.1) is 19.7 Å². The SMILES string of the molecule is Cc1noc(C)c1C(=O)N1CCC[C@@H]1c1cccc(F)c1. The molecule has 1 aromatic carbocycles. The maximum atomic E-state index is 13.4. The van der Waals surface area contributed by atoms with Crippen LogP contribution in [0.15, 0.2) is 28.8 Å². The van der Waals surface area contributed by atoms with Crippen molar-refractivity contribution in [3.8, 4) is 0 Å². The van der Waals surface area contributed by atoms with Gasteiger partial charge in [-0.3, -0.25) is 4.79 Å². The van der Waals surface area contributed by atoms with E-state index in [-0.39, 0.29) is 17.8 Å². The average Bonchev–Trinajstić information content (AvgIpc) is 3.05. The van der Waals surface area contributed by atoms with Gasteiger partial charge in [0.25, 0.3) is 5.91 Å². The van der Waals surface area contributed by atoms with Gasteiger partial charge in [0.15, 0.2) is 0 Å². The summed E-state index contributed by atoms with van der Waals surface area (Å²) in [5, 5.41) is 3.84. The van der Waals surface area contributed by atoms with Gasteiger partial charge in [0, 0.05) is 6.54 Å². The summed E-state index contributed by atoms with van der Waals surface area (Å²) >= 11 is 0. The fourth-order valence-corrected chi connectivity index (χ4v) is 3.00. The summed E-state index contributed by atoms with van der Waals surface area (Å²) in [6.45, 7) is 4.17. The Balaban J connectivity index is 1.93. The molecule has 1 aliphatic heterocycles. The number of aryl methyl sites for hydroxylation is 2. The lowest BCUT2D eigenvalue weighted by atomic mass is 10.0. The zero-order chi connectivity index (χ0) is 15.0. The van der Waals surface area contributed by atoms with E-state index in [2.05, 4.69) is 5.16 Å². The first kappa shape index (κ1) is 13.8. The highest BCUT2D eigenvalue weighted by Gasteiger charge is 2.33. The molecule has 0 spiro atoms. The molecule has 0 aliphatic carbocycles. The van der Waals surface area contributed by atoms with Crippen molar-refractivity contribution in [2.45, 2.75) is 32.7 Å². The van der Waals surface area contributed by atoms with Gasteiger partial charge >= 0.3 is 0 Å². The van der Waals surface area contributed by atoms with E-state index in [1.54, 1.807) is 24.8 Å². The van der Waals surface area contributed by atoms with E-state index >= 15 is 0 Å². The van der Waals surface area contributed by atoms with E-state index in [1.807, 2.05) is 6.07 Å². The summed E-state index contributed by atoms with van der Waals surface area (Å²) in [6, 6.07) is 6.39. The van der Waals surface area contributed by atoms with E-state index in [0.29, 0.717) is 23.6 Å². The van der Waals surface area contributed by atoms with Crippen molar-refractivity contribution >= 4 is 5.91 Å². The molecule has 5 heteroatoms. The Kier molecular flexibility index (Phi) is 3.49. The van der Waals surface area contributed by atoms with Crippen LogP contribution in [0.3, 0.4) is 0 Å². The minimum Gasteiger partial charge on any atom is -0.361 e. The van der Waals surface area contributed by atoms with Crippen LogP contribution >= 0.6 is 0 Å². The molecule has 1 atom stereocenters. The third-order valence-electron chi connectivity index (χ3n) is 3.99. The van der Waals surface area contributed by atoms with Gasteiger partial charge in [-0.1, -0.05) is 17.3 Å². The molecule has 3 rings (SSSR count). The summed E-state index contributed by atoms with van der Waals surface area (Å²) in [5.41, 5.74) is 1.97. The smallest absolute Gasteiger partial charge is 0.259 e. The average molecular weight is 288 g/mol. The van der Waals surface area contributed by atoms with Crippen LogP contribution < -0.4 is 0 Å². The lowest BCUT2D eigenvalue weighted by Gasteiger charge is -2.25. The number of aromatic nitrogens is 1. The maximum absolute atomic E-state index is 13.4. The largest absolute Gasteiger partial charge is 0.361 e. The Bertz CT molecular complexity index is 661. The van der Waals surface area contributed by atoms with Crippen molar-refractivity contribution < 1.29 is 13.7 Å². The van der Waals surface area contributed by atoms with E-state index in [1.165, 1.54) is 12.1 Å². The number of rotatable bonds is 2. The molecule has 0 saturated carbocycles. The Labute approximate surface area is 122 Å². The summed E-state index contributed by atoms with van der Waals surface area (Å²) in [7, 11) is 0. The first-order valence-electron chi connectivity index (χ1n) is 7.07. The third-order valence-corrected chi connectivity index (χ3v) is 3.99. The maximum Gasteiger partial charge on any atom is 0.259 e. The van der Waals surface area contributed by atoms with Gasteiger partial charge in [-0.2, -0.15) is 0 Å². The van der Waals surface area contributed by atoms with Crippen molar-refractivity contribution in [1.29, 1.82) is 0 Å². The van der Waals surface area contributed by atoms with Crippen molar-refractivity contribution in [2.75, 3.05) is 6.54 Å². The van der Waals surface area contributed by atoms with Crippen LogP contribution in [0.4, 0.5) is 4.39 Å². The number of likely N-dealkylation sites (tertiary alicyclic amines) is 1. The normalized spacial score (nSPS) is 18.2. The number of nitrogens with zero attached hydrogens (tertiary/aromatic N) is 2. The van der Waals surface area contributed by atoms with Gasteiger partial charge in [-0.05, 0) is 44.4 Å². The molecule has 21 heavy (non-hydrogen) atoms. The number of hydrogen-bond acceptors (Lipinski definition) is 3. The van der Waals surface area contributed by atoms with Crippen molar-refractivity contribution in [3.63, 3.8) is 0 Å². The predicted octanol–water partition coefficient (Wildman–Crippen LogP) is 3.41. The number of benzene rings is 1. The number of carbonyl (C=O) groups excluding carboxylic acids is 1. The fourth-order valence-electron chi connectivity index (χ4n) is 3.00. The summed E-state index contributed by atoms with van der Waals surface area (Å²) < 4.78 is 18.5. The molecule has 4 nitrogen and oxygen atoms in total. The summed E-state index contributed by atoms with van der Waals surface area (Å²) in [6.07, 6.45) is 1.76. The molecule has 1 aliphatic rings. The highest BCUT2D eigenvalue weighted by atomic mass is 19.1. The Morgan fingerprint density at radius 1 is 1.43 bits per heavy atom. The van der Waals surface area contributed by atoms with Crippen LogP contribution in [0.5, 0.6) is 0 Å². The zero-order valence-corrected chi connectivity index (χ0v) is 12.1. The molecule has 1 saturated heterocycles. The number of hydrogen-bond donors (Lipinski definition) is 0. The van der Waals surface area contributed by atoms with Gasteiger partial charge in [-0.15, -0.1) is 0 Å². The third kappa shape index (κ3) is 2.44. The highest BCUT2D eigenvalue weighted by Crippen LogP contribution is 2.34. The topological polar surface area (TPSA) is 46.3 Å². The van der Waals surface area contributed by atoms with E-state index in [0.717, 1.165) is 18.4 Å². The lowest BCUT2D eigenvalue weighted by molar-refractivity contribution is 0.0733. The standard InChI is InChI=1S/C16H17FN2O2/c1-10-15(11(2)21-18-10)16(20)19-8-4-7-14(19)12-5-3-6-13(17)9-12/h3,5-6,9,14H,4,7-8H2,1-2H3/t14-/m1/s1. The molecular weight excluding hydrogens is 271 g/mol. The molecular formula is C16H17FN2O2. The van der Waals surface area contributed by atoms with E-state index in [4.69, 9.17) is 4.52 Å². The summed E-state index contributed by atoms with van der Waals surface area (Å²) in [5.74, 6) is 0.171. The van der Waals surface area contributed by atoms with E-state index < -0.39 is 0 Å². The molecule has 1 fully saturated rings. The Morgan fingerprint density at radius 2 is 2.24 bits per heavy atom. The second-order valence-electron chi connectivity index (χ2n) is 5.41. The van der Waals surface area contributed by atoms with Gasteiger partial charge in [0.05, 0.1) is 11.7 Å². The van der Waals surface area contributed by atoms with Gasteiger partial charge in [-0.25, -0.2) is 4.39 Å². The van der Waals surface area contributed by atoms with Crippen LogP contribution in [-0.2, 0) is 0 Å². The molecule has 110 valence electrons. The molecule has 1 amide bonds. The molecule has 1 aromatic heterocycles. The van der Waals surface area contributed by atoms with Crippen molar-refractivity contribution in [2.24, 2.45) is 0 Å². The first-order valence-corrected chi connectivity index (χ1v) is 7.07. The van der Waals surface area contributed by atoms with Gasteiger partial charge < -0.3 is 9.42 Å². The molecule has 0 N–H and O–H groups in total. The van der Waals surface area contributed by atoms with Crippen molar-refractivity contribution in [3.05, 3.63) is 52.7 Å².